The summed E-state index contributed by atoms with van der Waals surface area (Å²) in [6.07, 6.45) is 2.23. The maximum Gasteiger partial charge on any atom is 0.120 e. The van der Waals surface area contributed by atoms with Crippen LogP contribution >= 0.6 is 0 Å². The molecule has 19 heavy (non-hydrogen) atoms. The van der Waals surface area contributed by atoms with Crippen LogP contribution in [-0.2, 0) is 0 Å². The van der Waals surface area contributed by atoms with Gasteiger partial charge in [0.05, 0.1) is 0 Å². The summed E-state index contributed by atoms with van der Waals surface area (Å²) < 4.78 is 0. The van der Waals surface area contributed by atoms with Crippen molar-refractivity contribution in [2.45, 2.75) is 38.8 Å². The molecule has 3 N–H and O–H groups in total. The van der Waals surface area contributed by atoms with Crippen LogP contribution in [0, 0.1) is 0 Å². The Kier molecular flexibility index (Phi) is 4.66. The van der Waals surface area contributed by atoms with Crippen LogP contribution in [0.15, 0.2) is 18.2 Å². The minimum Gasteiger partial charge on any atom is -0.508 e. The molecule has 0 amide bonds. The number of benzene rings is 1. The van der Waals surface area contributed by atoms with Crippen LogP contribution in [0.3, 0.4) is 0 Å². The van der Waals surface area contributed by atoms with Gasteiger partial charge in [-0.25, -0.2) is 0 Å². The number of phenols is 2. The van der Waals surface area contributed by atoms with Gasteiger partial charge in [-0.3, -0.25) is 4.90 Å². The number of aromatic hydroxyl groups is 2. The highest BCUT2D eigenvalue weighted by Gasteiger charge is 2.27. The Morgan fingerprint density at radius 2 is 2.21 bits per heavy atom. The highest BCUT2D eigenvalue weighted by Crippen LogP contribution is 2.33. The molecule has 0 aliphatic carbocycles. The number of phenolic OH excluding ortho intramolecular Hbond substituents is 2. The van der Waals surface area contributed by atoms with Crippen molar-refractivity contribution in [1.82, 2.24) is 10.2 Å². The fourth-order valence-electron chi connectivity index (χ4n) is 2.93. The fraction of sp³-hybridized carbons (Fsp3) is 0.600. The molecule has 1 aromatic rings. The van der Waals surface area contributed by atoms with Crippen molar-refractivity contribution in [3.63, 3.8) is 0 Å². The van der Waals surface area contributed by atoms with Crippen LogP contribution < -0.4 is 5.32 Å². The number of rotatable bonds is 5. The lowest BCUT2D eigenvalue weighted by Gasteiger charge is -2.34. The molecule has 106 valence electrons. The monoisotopic (exact) mass is 264 g/mol. The molecular weight excluding hydrogens is 240 g/mol. The minimum atomic E-state index is 0.108. The molecule has 4 heteroatoms. The molecule has 1 aliphatic heterocycles. The summed E-state index contributed by atoms with van der Waals surface area (Å²) in [4.78, 5) is 2.43. The summed E-state index contributed by atoms with van der Waals surface area (Å²) in [5.41, 5.74) is 0.806. The van der Waals surface area contributed by atoms with E-state index >= 15 is 0 Å². The van der Waals surface area contributed by atoms with Gasteiger partial charge < -0.3 is 15.5 Å². The Hall–Kier alpha value is -1.26. The number of hydrogen-bond donors (Lipinski definition) is 3. The smallest absolute Gasteiger partial charge is 0.120 e. The molecule has 0 aromatic heterocycles. The Morgan fingerprint density at radius 1 is 1.42 bits per heavy atom. The van der Waals surface area contributed by atoms with Gasteiger partial charge in [-0.1, -0.05) is 6.92 Å². The largest absolute Gasteiger partial charge is 0.508 e. The van der Waals surface area contributed by atoms with Crippen molar-refractivity contribution < 1.29 is 10.2 Å². The minimum absolute atomic E-state index is 0.108. The first kappa shape index (κ1) is 14.2. The van der Waals surface area contributed by atoms with E-state index in [0.29, 0.717) is 6.04 Å². The van der Waals surface area contributed by atoms with Gasteiger partial charge in [0.1, 0.15) is 11.5 Å². The van der Waals surface area contributed by atoms with Gasteiger partial charge in [0.25, 0.3) is 0 Å². The highest BCUT2D eigenvalue weighted by atomic mass is 16.3. The number of hydrogen-bond acceptors (Lipinski definition) is 4. The zero-order valence-corrected chi connectivity index (χ0v) is 11.8. The van der Waals surface area contributed by atoms with Gasteiger partial charge in [0.2, 0.25) is 0 Å². The first-order chi connectivity index (χ1) is 9.13. The van der Waals surface area contributed by atoms with E-state index in [-0.39, 0.29) is 17.5 Å². The van der Waals surface area contributed by atoms with Crippen LogP contribution in [0.2, 0.25) is 0 Å². The molecule has 0 spiro atoms. The maximum absolute atomic E-state index is 10.0. The Labute approximate surface area is 115 Å². The molecule has 2 atom stereocenters. The molecule has 0 radical (unpaired) electrons. The molecule has 2 rings (SSSR count). The lowest BCUT2D eigenvalue weighted by Crippen LogP contribution is -2.39. The summed E-state index contributed by atoms with van der Waals surface area (Å²) in [6, 6.07) is 5.38. The van der Waals surface area contributed by atoms with E-state index in [4.69, 9.17) is 0 Å². The molecule has 1 saturated heterocycles. The van der Waals surface area contributed by atoms with E-state index in [1.54, 1.807) is 12.1 Å². The van der Waals surface area contributed by atoms with Crippen LogP contribution in [0.5, 0.6) is 11.5 Å². The van der Waals surface area contributed by atoms with Crippen LogP contribution in [0.25, 0.3) is 0 Å². The Bertz CT molecular complexity index is 417. The molecule has 1 aromatic carbocycles. The van der Waals surface area contributed by atoms with Crippen molar-refractivity contribution in [2.24, 2.45) is 0 Å². The van der Waals surface area contributed by atoms with Crippen molar-refractivity contribution in [2.75, 3.05) is 19.6 Å². The van der Waals surface area contributed by atoms with Gasteiger partial charge in [-0.15, -0.1) is 0 Å². The van der Waals surface area contributed by atoms with E-state index in [1.807, 2.05) is 0 Å². The topological polar surface area (TPSA) is 55.7 Å². The predicted octanol–water partition coefficient (Wildman–Crippen LogP) is 2.23. The molecule has 0 bridgehead atoms. The Balaban J connectivity index is 2.22. The first-order valence-corrected chi connectivity index (χ1v) is 7.11. The quantitative estimate of drug-likeness (QED) is 0.714. The maximum atomic E-state index is 10.0. The second kappa shape index (κ2) is 6.26. The number of nitrogens with zero attached hydrogens (tertiary/aromatic N) is 1. The van der Waals surface area contributed by atoms with E-state index < -0.39 is 0 Å². The molecule has 1 fully saturated rings. The first-order valence-electron chi connectivity index (χ1n) is 7.11. The van der Waals surface area contributed by atoms with E-state index in [0.717, 1.165) is 38.0 Å². The lowest BCUT2D eigenvalue weighted by molar-refractivity contribution is 0.151. The molecular formula is C15H24N2O2. The third kappa shape index (κ3) is 3.19. The van der Waals surface area contributed by atoms with E-state index in [1.165, 1.54) is 6.07 Å². The van der Waals surface area contributed by atoms with E-state index in [2.05, 4.69) is 24.1 Å². The molecule has 2 unspecified atom stereocenters. The second-order valence-electron chi connectivity index (χ2n) is 5.30. The van der Waals surface area contributed by atoms with Crippen molar-refractivity contribution in [3.05, 3.63) is 23.8 Å². The molecule has 1 heterocycles. The summed E-state index contributed by atoms with van der Waals surface area (Å²) in [5, 5.41) is 23.0. The summed E-state index contributed by atoms with van der Waals surface area (Å²) in [7, 11) is 0. The van der Waals surface area contributed by atoms with Gasteiger partial charge in [0, 0.05) is 24.2 Å². The summed E-state index contributed by atoms with van der Waals surface area (Å²) >= 11 is 0. The normalized spacial score (nSPS) is 20.9. The average Bonchev–Trinajstić information content (AvgIpc) is 2.92. The third-order valence-electron chi connectivity index (χ3n) is 3.94. The number of nitrogens with one attached hydrogen (secondary N) is 1. The predicted molar refractivity (Wildman–Crippen MR) is 76.5 cm³/mol. The second-order valence-corrected chi connectivity index (χ2v) is 5.30. The Morgan fingerprint density at radius 3 is 2.84 bits per heavy atom. The molecule has 0 saturated carbocycles. The van der Waals surface area contributed by atoms with Crippen molar-refractivity contribution >= 4 is 0 Å². The zero-order valence-electron chi connectivity index (χ0n) is 11.8. The standard InChI is InChI=1S/C15H24N2O2/c1-3-8-17(12-6-7-16-10-12)11(2)14-9-13(18)4-5-15(14)19/h4-5,9,11-12,16,18-19H,3,6-8,10H2,1-2H3. The average molecular weight is 264 g/mol. The summed E-state index contributed by atoms with van der Waals surface area (Å²) in [5.74, 6) is 0.470. The zero-order chi connectivity index (χ0) is 13.8. The van der Waals surface area contributed by atoms with Gasteiger partial charge >= 0.3 is 0 Å². The van der Waals surface area contributed by atoms with Gasteiger partial charge in [-0.2, -0.15) is 0 Å². The van der Waals surface area contributed by atoms with Gasteiger partial charge in [-0.05, 0) is 51.1 Å². The fourth-order valence-corrected chi connectivity index (χ4v) is 2.93. The van der Waals surface area contributed by atoms with Gasteiger partial charge in [0.15, 0.2) is 0 Å². The van der Waals surface area contributed by atoms with Crippen LogP contribution in [0.1, 0.15) is 38.3 Å². The van der Waals surface area contributed by atoms with Crippen LogP contribution in [-0.4, -0.2) is 40.8 Å². The lowest BCUT2D eigenvalue weighted by atomic mass is 10.0. The van der Waals surface area contributed by atoms with Crippen LogP contribution in [0.4, 0.5) is 0 Å². The highest BCUT2D eigenvalue weighted by molar-refractivity contribution is 5.40. The summed E-state index contributed by atoms with van der Waals surface area (Å²) in [6.45, 7) is 7.34. The third-order valence-corrected chi connectivity index (χ3v) is 3.94. The molecule has 4 nitrogen and oxygen atoms in total. The molecule has 1 aliphatic rings. The van der Waals surface area contributed by atoms with Crippen molar-refractivity contribution in [3.8, 4) is 11.5 Å². The SMILES string of the molecule is CCCN(C1CCNC1)C(C)c1cc(O)ccc1O. The van der Waals surface area contributed by atoms with E-state index in [9.17, 15) is 10.2 Å². The van der Waals surface area contributed by atoms with Crippen molar-refractivity contribution in [1.29, 1.82) is 0 Å².